The number of hydrogen-bond acceptors (Lipinski definition) is 3. The number of benzene rings is 3. The van der Waals surface area contributed by atoms with Crippen LogP contribution in [0.5, 0.6) is 0 Å². The lowest BCUT2D eigenvalue weighted by molar-refractivity contribution is -0.115. The van der Waals surface area contributed by atoms with Gasteiger partial charge in [-0.05, 0) is 34.2 Å². The quantitative estimate of drug-likeness (QED) is 0.329. The number of allylic oxidation sites excluding steroid dienone is 2. The molecule has 3 aromatic rings. The molecule has 150 valence electrons. The molecule has 0 saturated heterocycles. The molecular formula is C27H25NO2. The summed E-state index contributed by atoms with van der Waals surface area (Å²) in [6.07, 6.45) is 3.04. The van der Waals surface area contributed by atoms with E-state index in [2.05, 4.69) is 23.7 Å². The number of hydrogen-bond donors (Lipinski definition) is 1. The molecule has 3 aromatic carbocycles. The Labute approximate surface area is 177 Å². The zero-order valence-electron chi connectivity index (χ0n) is 16.9. The molecule has 1 saturated carbocycles. The molecule has 3 heteroatoms. The molecule has 30 heavy (non-hydrogen) atoms. The summed E-state index contributed by atoms with van der Waals surface area (Å²) >= 11 is 0. The lowest BCUT2D eigenvalue weighted by Gasteiger charge is -2.26. The van der Waals surface area contributed by atoms with E-state index in [1.54, 1.807) is 6.08 Å². The SMILES string of the molecule is C=CCN=C1CC(c2ccccc2)CC(=O)/C1=C(/O)Cc1cccc2ccccc12. The number of ketones is 1. The van der Waals surface area contributed by atoms with Crippen molar-refractivity contribution < 1.29 is 9.90 Å². The van der Waals surface area contributed by atoms with Crippen molar-refractivity contribution in [3.63, 3.8) is 0 Å². The number of carbonyl (C=O) groups is 1. The van der Waals surface area contributed by atoms with E-state index in [-0.39, 0.29) is 17.5 Å². The average molecular weight is 396 g/mol. The second-order valence-corrected chi connectivity index (χ2v) is 7.65. The highest BCUT2D eigenvalue weighted by Crippen LogP contribution is 2.34. The summed E-state index contributed by atoms with van der Waals surface area (Å²) < 4.78 is 0. The summed E-state index contributed by atoms with van der Waals surface area (Å²) in [5, 5.41) is 13.2. The number of carbonyl (C=O) groups excluding carboxylic acids is 1. The monoisotopic (exact) mass is 395 g/mol. The molecule has 1 atom stereocenters. The first-order chi connectivity index (χ1) is 14.7. The van der Waals surface area contributed by atoms with Gasteiger partial charge in [0.15, 0.2) is 5.78 Å². The second kappa shape index (κ2) is 8.91. The standard InChI is InChI=1S/C27H25NO2/c1-2-15-28-24-16-22(19-9-4-3-5-10-19)18-26(30)27(24)25(29)17-21-13-8-12-20-11-6-7-14-23(20)21/h2-14,22,29H,1,15-18H2/b27-25+,28-24?. The molecule has 0 aliphatic heterocycles. The fourth-order valence-corrected chi connectivity index (χ4v) is 4.22. The summed E-state index contributed by atoms with van der Waals surface area (Å²) in [7, 11) is 0. The summed E-state index contributed by atoms with van der Waals surface area (Å²) in [4.78, 5) is 17.7. The summed E-state index contributed by atoms with van der Waals surface area (Å²) in [5.41, 5.74) is 3.19. The van der Waals surface area contributed by atoms with Crippen LogP contribution in [0.4, 0.5) is 0 Å². The minimum atomic E-state index is -0.0457. The van der Waals surface area contributed by atoms with Gasteiger partial charge in [0.05, 0.1) is 12.1 Å². The first-order valence-electron chi connectivity index (χ1n) is 10.3. The maximum absolute atomic E-state index is 13.1. The smallest absolute Gasteiger partial charge is 0.168 e. The lowest BCUT2D eigenvalue weighted by Crippen LogP contribution is -2.27. The minimum Gasteiger partial charge on any atom is -0.511 e. The number of rotatable bonds is 5. The third-order valence-corrected chi connectivity index (χ3v) is 5.65. The van der Waals surface area contributed by atoms with Crippen LogP contribution < -0.4 is 0 Å². The Kier molecular flexibility index (Phi) is 5.89. The van der Waals surface area contributed by atoms with Crippen LogP contribution >= 0.6 is 0 Å². The van der Waals surface area contributed by atoms with Crippen LogP contribution in [0, 0.1) is 0 Å². The van der Waals surface area contributed by atoms with Gasteiger partial charge in [-0.3, -0.25) is 9.79 Å². The van der Waals surface area contributed by atoms with Crippen molar-refractivity contribution in [3.8, 4) is 0 Å². The topological polar surface area (TPSA) is 49.7 Å². The van der Waals surface area contributed by atoms with Gasteiger partial charge in [-0.25, -0.2) is 0 Å². The van der Waals surface area contributed by atoms with E-state index >= 15 is 0 Å². The van der Waals surface area contributed by atoms with Crippen LogP contribution in [0.1, 0.15) is 29.9 Å². The maximum Gasteiger partial charge on any atom is 0.168 e. The Balaban J connectivity index is 1.70. The van der Waals surface area contributed by atoms with Gasteiger partial charge < -0.3 is 5.11 Å². The molecule has 1 N–H and O–H groups in total. The van der Waals surface area contributed by atoms with Crippen molar-refractivity contribution in [3.05, 3.63) is 108 Å². The maximum atomic E-state index is 13.1. The molecule has 0 aromatic heterocycles. The third-order valence-electron chi connectivity index (χ3n) is 5.65. The van der Waals surface area contributed by atoms with Crippen molar-refractivity contribution in [2.75, 3.05) is 6.54 Å². The van der Waals surface area contributed by atoms with E-state index in [4.69, 9.17) is 0 Å². The van der Waals surface area contributed by atoms with Crippen LogP contribution in [0.3, 0.4) is 0 Å². The number of aliphatic hydroxyl groups is 1. The molecule has 1 aliphatic carbocycles. The van der Waals surface area contributed by atoms with E-state index in [1.807, 2.05) is 60.7 Å². The fourth-order valence-electron chi connectivity index (χ4n) is 4.22. The largest absolute Gasteiger partial charge is 0.511 e. The molecule has 0 amide bonds. The molecular weight excluding hydrogens is 370 g/mol. The van der Waals surface area contributed by atoms with Crippen molar-refractivity contribution in [1.82, 2.24) is 0 Å². The van der Waals surface area contributed by atoms with Gasteiger partial charge >= 0.3 is 0 Å². The molecule has 1 aliphatic rings. The molecule has 1 unspecified atom stereocenters. The third kappa shape index (κ3) is 4.11. The Hall–Kier alpha value is -3.46. The van der Waals surface area contributed by atoms with Gasteiger partial charge in [0, 0.05) is 18.6 Å². The van der Waals surface area contributed by atoms with E-state index in [0.717, 1.165) is 21.9 Å². The van der Waals surface area contributed by atoms with E-state index in [1.165, 1.54) is 0 Å². The highest BCUT2D eigenvalue weighted by atomic mass is 16.3. The molecule has 0 spiro atoms. The van der Waals surface area contributed by atoms with E-state index in [9.17, 15) is 9.90 Å². The molecule has 3 nitrogen and oxygen atoms in total. The number of aliphatic imine (C=N–C) groups is 1. The Morgan fingerprint density at radius 1 is 1.00 bits per heavy atom. The first-order valence-corrected chi connectivity index (χ1v) is 10.3. The van der Waals surface area contributed by atoms with E-state index in [0.29, 0.717) is 37.1 Å². The number of fused-ring (bicyclic) bond motifs is 1. The second-order valence-electron chi connectivity index (χ2n) is 7.65. The lowest BCUT2D eigenvalue weighted by atomic mass is 9.78. The average Bonchev–Trinajstić information content (AvgIpc) is 2.78. The van der Waals surface area contributed by atoms with Gasteiger partial charge in [0.2, 0.25) is 0 Å². The van der Waals surface area contributed by atoms with Crippen LogP contribution in [0.15, 0.2) is 102 Å². The Morgan fingerprint density at radius 2 is 1.73 bits per heavy atom. The van der Waals surface area contributed by atoms with Gasteiger partial charge in [-0.15, -0.1) is 6.58 Å². The molecule has 0 bridgehead atoms. The zero-order valence-corrected chi connectivity index (χ0v) is 16.9. The van der Waals surface area contributed by atoms with Crippen LogP contribution in [0.25, 0.3) is 10.8 Å². The van der Waals surface area contributed by atoms with Crippen molar-refractivity contribution >= 4 is 22.3 Å². The summed E-state index contributed by atoms with van der Waals surface area (Å²) in [6.45, 7) is 4.17. The minimum absolute atomic E-state index is 0.0457. The van der Waals surface area contributed by atoms with Gasteiger partial charge in [0.25, 0.3) is 0 Å². The fraction of sp³-hybridized carbons (Fsp3) is 0.185. The van der Waals surface area contributed by atoms with E-state index < -0.39 is 0 Å². The van der Waals surface area contributed by atoms with Gasteiger partial charge in [-0.2, -0.15) is 0 Å². The number of aliphatic hydroxyl groups excluding tert-OH is 1. The van der Waals surface area contributed by atoms with Crippen LogP contribution in [0.2, 0.25) is 0 Å². The zero-order chi connectivity index (χ0) is 20.9. The first kappa shape index (κ1) is 19.8. The summed E-state index contributed by atoms with van der Waals surface area (Å²) in [5.74, 6) is 0.137. The molecule has 1 fully saturated rings. The highest BCUT2D eigenvalue weighted by Gasteiger charge is 2.32. The number of Topliss-reactive ketones (excluding diaryl/α,β-unsaturated/α-hetero) is 1. The van der Waals surface area contributed by atoms with Crippen molar-refractivity contribution in [2.45, 2.75) is 25.2 Å². The van der Waals surface area contributed by atoms with Crippen LogP contribution in [-0.4, -0.2) is 23.1 Å². The van der Waals surface area contributed by atoms with Gasteiger partial charge in [-0.1, -0.05) is 78.9 Å². The van der Waals surface area contributed by atoms with Gasteiger partial charge in [0.1, 0.15) is 5.76 Å². The summed E-state index contributed by atoms with van der Waals surface area (Å²) in [6, 6.07) is 24.2. The predicted molar refractivity (Wildman–Crippen MR) is 123 cm³/mol. The van der Waals surface area contributed by atoms with Crippen LogP contribution in [-0.2, 0) is 11.2 Å². The highest BCUT2D eigenvalue weighted by molar-refractivity contribution is 6.24. The Morgan fingerprint density at radius 3 is 2.53 bits per heavy atom. The molecule has 0 heterocycles. The van der Waals surface area contributed by atoms with Crippen molar-refractivity contribution in [1.29, 1.82) is 0 Å². The molecule has 4 rings (SSSR count). The Bertz CT molecular complexity index is 1140. The molecule has 0 radical (unpaired) electrons. The van der Waals surface area contributed by atoms with Crippen molar-refractivity contribution in [2.24, 2.45) is 4.99 Å². The predicted octanol–water partition coefficient (Wildman–Crippen LogP) is 5.97. The normalized spacial score (nSPS) is 19.8. The number of nitrogens with zero attached hydrogens (tertiary/aromatic N) is 1.